The van der Waals surface area contributed by atoms with Crippen molar-refractivity contribution in [1.82, 2.24) is 15.1 Å². The fourth-order valence-corrected chi connectivity index (χ4v) is 2.46. The van der Waals surface area contributed by atoms with Crippen LogP contribution < -0.4 is 5.32 Å². The van der Waals surface area contributed by atoms with Gasteiger partial charge < -0.3 is 15.0 Å². The number of nitrogens with zero attached hydrogens (tertiary/aromatic N) is 2. The highest BCUT2D eigenvalue weighted by Gasteiger charge is 2.24. The van der Waals surface area contributed by atoms with Crippen LogP contribution in [0.5, 0.6) is 0 Å². The monoisotopic (exact) mass is 213 g/mol. The van der Waals surface area contributed by atoms with Crippen LogP contribution in [0, 0.1) is 0 Å². The van der Waals surface area contributed by atoms with Gasteiger partial charge in [0.25, 0.3) is 0 Å². The van der Waals surface area contributed by atoms with Crippen molar-refractivity contribution >= 4 is 0 Å². The number of hydrogen-bond donors (Lipinski definition) is 1. The Morgan fingerprint density at radius 2 is 2.40 bits per heavy atom. The normalized spacial score (nSPS) is 33.8. The average Bonchev–Trinajstić information content (AvgIpc) is 2.70. The number of likely N-dealkylation sites (N-methyl/N-ethyl adjacent to an activating group) is 2. The fraction of sp³-hybridized carbons (Fsp3) is 1.00. The van der Waals surface area contributed by atoms with Gasteiger partial charge in [-0.05, 0) is 27.1 Å². The molecule has 2 aliphatic heterocycles. The molecule has 0 aromatic rings. The fourth-order valence-electron chi connectivity index (χ4n) is 2.46. The van der Waals surface area contributed by atoms with E-state index in [0.717, 1.165) is 32.8 Å². The molecule has 2 rings (SSSR count). The molecule has 2 fully saturated rings. The smallest absolute Gasteiger partial charge is 0.0829 e. The van der Waals surface area contributed by atoms with E-state index in [-0.39, 0.29) is 0 Å². The van der Waals surface area contributed by atoms with E-state index in [9.17, 15) is 0 Å². The molecule has 4 heteroatoms. The molecule has 0 bridgehead atoms. The van der Waals surface area contributed by atoms with E-state index in [1.165, 1.54) is 13.0 Å². The van der Waals surface area contributed by atoms with Gasteiger partial charge in [0.1, 0.15) is 0 Å². The van der Waals surface area contributed by atoms with Gasteiger partial charge in [-0.15, -0.1) is 0 Å². The van der Waals surface area contributed by atoms with Gasteiger partial charge in [-0.3, -0.25) is 4.90 Å². The van der Waals surface area contributed by atoms with Gasteiger partial charge in [-0.2, -0.15) is 0 Å². The standard InChI is InChI=1S/C11H23N3O/c1-13-5-6-15-11(8-13)9-14(2)10-3-4-12-7-10/h10-12H,3-9H2,1-2H3. The number of rotatable bonds is 3. The van der Waals surface area contributed by atoms with Crippen molar-refractivity contribution < 1.29 is 4.74 Å². The van der Waals surface area contributed by atoms with Crippen LogP contribution in [-0.4, -0.2) is 75.4 Å². The Labute approximate surface area is 92.6 Å². The second-order valence-electron chi connectivity index (χ2n) is 4.84. The molecular weight excluding hydrogens is 190 g/mol. The van der Waals surface area contributed by atoms with E-state index < -0.39 is 0 Å². The van der Waals surface area contributed by atoms with Crippen molar-refractivity contribution in [2.45, 2.75) is 18.6 Å². The van der Waals surface area contributed by atoms with Crippen LogP contribution in [0.15, 0.2) is 0 Å². The number of hydrogen-bond acceptors (Lipinski definition) is 4. The van der Waals surface area contributed by atoms with E-state index >= 15 is 0 Å². The molecule has 2 saturated heterocycles. The van der Waals surface area contributed by atoms with E-state index in [4.69, 9.17) is 4.74 Å². The van der Waals surface area contributed by atoms with E-state index in [1.54, 1.807) is 0 Å². The quantitative estimate of drug-likeness (QED) is 0.691. The predicted molar refractivity (Wildman–Crippen MR) is 61.1 cm³/mol. The third kappa shape index (κ3) is 3.14. The van der Waals surface area contributed by atoms with Crippen LogP contribution in [0.2, 0.25) is 0 Å². The maximum atomic E-state index is 5.77. The zero-order valence-electron chi connectivity index (χ0n) is 9.91. The lowest BCUT2D eigenvalue weighted by Gasteiger charge is -2.34. The number of nitrogens with one attached hydrogen (secondary N) is 1. The largest absolute Gasteiger partial charge is 0.374 e. The van der Waals surface area contributed by atoms with Gasteiger partial charge in [-0.1, -0.05) is 0 Å². The molecule has 2 heterocycles. The molecule has 0 aromatic carbocycles. The highest BCUT2D eigenvalue weighted by Crippen LogP contribution is 2.10. The lowest BCUT2D eigenvalue weighted by atomic mass is 10.2. The highest BCUT2D eigenvalue weighted by atomic mass is 16.5. The van der Waals surface area contributed by atoms with Crippen molar-refractivity contribution in [1.29, 1.82) is 0 Å². The maximum absolute atomic E-state index is 5.77. The second kappa shape index (κ2) is 5.25. The van der Waals surface area contributed by atoms with Gasteiger partial charge in [0.2, 0.25) is 0 Å². The zero-order valence-corrected chi connectivity index (χ0v) is 9.91. The molecular formula is C11H23N3O. The van der Waals surface area contributed by atoms with Crippen LogP contribution in [0.25, 0.3) is 0 Å². The van der Waals surface area contributed by atoms with Crippen LogP contribution in [0.3, 0.4) is 0 Å². The molecule has 4 nitrogen and oxygen atoms in total. The summed E-state index contributed by atoms with van der Waals surface area (Å²) in [5, 5.41) is 3.41. The summed E-state index contributed by atoms with van der Waals surface area (Å²) in [5.74, 6) is 0. The lowest BCUT2D eigenvalue weighted by molar-refractivity contribution is -0.0364. The molecule has 0 aliphatic carbocycles. The molecule has 0 amide bonds. The summed E-state index contributed by atoms with van der Waals surface area (Å²) in [5.41, 5.74) is 0. The minimum Gasteiger partial charge on any atom is -0.374 e. The summed E-state index contributed by atoms with van der Waals surface area (Å²) < 4.78 is 5.77. The average molecular weight is 213 g/mol. The van der Waals surface area contributed by atoms with E-state index in [0.29, 0.717) is 12.1 Å². The molecule has 0 radical (unpaired) electrons. The Balaban J connectivity index is 1.74. The summed E-state index contributed by atoms with van der Waals surface area (Å²) in [6, 6.07) is 0.709. The predicted octanol–water partition coefficient (Wildman–Crippen LogP) is -0.389. The van der Waals surface area contributed by atoms with Crippen molar-refractivity contribution in [3.8, 4) is 0 Å². The van der Waals surface area contributed by atoms with Crippen molar-refractivity contribution in [3.63, 3.8) is 0 Å². The molecule has 1 N–H and O–H groups in total. The Bertz CT molecular complexity index is 194. The van der Waals surface area contributed by atoms with Gasteiger partial charge >= 0.3 is 0 Å². The van der Waals surface area contributed by atoms with E-state index in [2.05, 4.69) is 29.2 Å². The first-order chi connectivity index (χ1) is 7.25. The Morgan fingerprint density at radius 1 is 1.53 bits per heavy atom. The van der Waals surface area contributed by atoms with Gasteiger partial charge in [0, 0.05) is 32.2 Å². The highest BCUT2D eigenvalue weighted by molar-refractivity contribution is 4.81. The molecule has 15 heavy (non-hydrogen) atoms. The van der Waals surface area contributed by atoms with Crippen LogP contribution in [-0.2, 0) is 4.74 Å². The lowest BCUT2D eigenvalue weighted by Crippen LogP contribution is -2.47. The Kier molecular flexibility index (Phi) is 3.97. The minimum atomic E-state index is 0.398. The van der Waals surface area contributed by atoms with Crippen molar-refractivity contribution in [3.05, 3.63) is 0 Å². The van der Waals surface area contributed by atoms with Crippen LogP contribution >= 0.6 is 0 Å². The zero-order chi connectivity index (χ0) is 10.7. The maximum Gasteiger partial charge on any atom is 0.0829 e. The van der Waals surface area contributed by atoms with Crippen molar-refractivity contribution in [2.75, 3.05) is 53.4 Å². The Morgan fingerprint density at radius 3 is 3.07 bits per heavy atom. The van der Waals surface area contributed by atoms with Crippen LogP contribution in [0.4, 0.5) is 0 Å². The van der Waals surface area contributed by atoms with Gasteiger partial charge in [0.05, 0.1) is 12.7 Å². The Hall–Kier alpha value is -0.160. The van der Waals surface area contributed by atoms with Gasteiger partial charge in [-0.25, -0.2) is 0 Å². The summed E-state index contributed by atoms with van der Waals surface area (Å²) in [6.07, 6.45) is 1.67. The van der Waals surface area contributed by atoms with Crippen LogP contribution in [0.1, 0.15) is 6.42 Å². The molecule has 2 unspecified atom stereocenters. The minimum absolute atomic E-state index is 0.398. The van der Waals surface area contributed by atoms with Gasteiger partial charge in [0.15, 0.2) is 0 Å². The molecule has 0 spiro atoms. The summed E-state index contributed by atoms with van der Waals surface area (Å²) in [6.45, 7) is 6.41. The summed E-state index contributed by atoms with van der Waals surface area (Å²) >= 11 is 0. The molecule has 2 atom stereocenters. The second-order valence-corrected chi connectivity index (χ2v) is 4.84. The summed E-state index contributed by atoms with van der Waals surface area (Å²) in [4.78, 5) is 4.80. The number of morpholine rings is 1. The topological polar surface area (TPSA) is 27.7 Å². The first kappa shape index (κ1) is 11.3. The molecule has 88 valence electrons. The summed E-state index contributed by atoms with van der Waals surface area (Å²) in [7, 11) is 4.39. The molecule has 0 saturated carbocycles. The SMILES string of the molecule is CN1CCOC(CN(C)C2CCNC2)C1. The molecule has 0 aromatic heterocycles. The number of ether oxygens (including phenoxy) is 1. The first-order valence-electron chi connectivity index (χ1n) is 5.97. The molecule has 2 aliphatic rings. The van der Waals surface area contributed by atoms with Crippen molar-refractivity contribution in [2.24, 2.45) is 0 Å². The third-order valence-electron chi connectivity index (χ3n) is 3.49. The first-order valence-corrected chi connectivity index (χ1v) is 5.97. The third-order valence-corrected chi connectivity index (χ3v) is 3.49. The van der Waals surface area contributed by atoms with E-state index in [1.807, 2.05) is 0 Å².